The second-order valence-corrected chi connectivity index (χ2v) is 6.66. The molecule has 0 bridgehead atoms. The maximum absolute atomic E-state index is 11.2. The van der Waals surface area contributed by atoms with Crippen LogP contribution < -0.4 is 0 Å². The fourth-order valence-electron chi connectivity index (χ4n) is 1.70. The minimum absolute atomic E-state index is 0.0363. The van der Waals surface area contributed by atoms with E-state index in [1.165, 1.54) is 11.7 Å². The number of hydrogen-bond donors (Lipinski definition) is 2. The molecule has 0 radical (unpaired) electrons. The standard InChI is InChI=1S/C10H24NO3P/c1-8(2)6-10(7-9(3)4)11(5)15(12,13)14/h8-10H,6-7H2,1-5H3,(H2,12,13,14). The van der Waals surface area contributed by atoms with E-state index in [-0.39, 0.29) is 6.04 Å². The van der Waals surface area contributed by atoms with Gasteiger partial charge in [0.2, 0.25) is 0 Å². The molecule has 0 aromatic carbocycles. The van der Waals surface area contributed by atoms with Crippen LogP contribution in [0, 0.1) is 11.8 Å². The first-order chi connectivity index (χ1) is 6.64. The van der Waals surface area contributed by atoms with Crippen molar-refractivity contribution in [2.75, 3.05) is 7.05 Å². The Bertz CT molecular complexity index is 215. The topological polar surface area (TPSA) is 60.8 Å². The quantitative estimate of drug-likeness (QED) is 0.697. The number of nitrogens with zero attached hydrogens (tertiary/aromatic N) is 1. The van der Waals surface area contributed by atoms with E-state index < -0.39 is 7.75 Å². The third kappa shape index (κ3) is 6.31. The zero-order chi connectivity index (χ0) is 12.2. The summed E-state index contributed by atoms with van der Waals surface area (Å²) in [5.41, 5.74) is 0. The smallest absolute Gasteiger partial charge is 0.312 e. The molecule has 0 aromatic rings. The van der Waals surface area contributed by atoms with Gasteiger partial charge in [-0.3, -0.25) is 0 Å². The molecule has 0 aliphatic heterocycles. The molecule has 5 heteroatoms. The van der Waals surface area contributed by atoms with Crippen molar-refractivity contribution in [3.8, 4) is 0 Å². The van der Waals surface area contributed by atoms with Gasteiger partial charge in [0.1, 0.15) is 0 Å². The molecule has 0 heterocycles. The Morgan fingerprint density at radius 3 is 1.60 bits per heavy atom. The summed E-state index contributed by atoms with van der Waals surface area (Å²) in [5.74, 6) is 0.894. The van der Waals surface area contributed by atoms with Crippen LogP contribution in [-0.4, -0.2) is 27.5 Å². The van der Waals surface area contributed by atoms with E-state index in [4.69, 9.17) is 9.79 Å². The minimum Gasteiger partial charge on any atom is -0.312 e. The zero-order valence-electron chi connectivity index (χ0n) is 10.3. The van der Waals surface area contributed by atoms with Crippen molar-refractivity contribution < 1.29 is 14.4 Å². The first-order valence-electron chi connectivity index (χ1n) is 5.43. The highest BCUT2D eigenvalue weighted by atomic mass is 31.2. The van der Waals surface area contributed by atoms with E-state index in [0.29, 0.717) is 11.8 Å². The summed E-state index contributed by atoms with van der Waals surface area (Å²) in [4.78, 5) is 18.2. The van der Waals surface area contributed by atoms with Crippen molar-refractivity contribution in [1.82, 2.24) is 4.67 Å². The first kappa shape index (κ1) is 15.1. The average molecular weight is 237 g/mol. The van der Waals surface area contributed by atoms with E-state index in [9.17, 15) is 4.57 Å². The van der Waals surface area contributed by atoms with Crippen molar-refractivity contribution in [3.63, 3.8) is 0 Å². The van der Waals surface area contributed by atoms with E-state index in [1.807, 2.05) is 0 Å². The summed E-state index contributed by atoms with van der Waals surface area (Å²) < 4.78 is 12.4. The van der Waals surface area contributed by atoms with Crippen LogP contribution in [0.3, 0.4) is 0 Å². The van der Waals surface area contributed by atoms with Gasteiger partial charge in [-0.05, 0) is 31.7 Å². The summed E-state index contributed by atoms with van der Waals surface area (Å²) in [6, 6.07) is -0.0363. The molecule has 0 aromatic heterocycles. The molecular formula is C10H24NO3P. The molecule has 0 unspecified atom stereocenters. The van der Waals surface area contributed by atoms with Crippen LogP contribution in [0.5, 0.6) is 0 Å². The van der Waals surface area contributed by atoms with Crippen LogP contribution in [0.25, 0.3) is 0 Å². The lowest BCUT2D eigenvalue weighted by Gasteiger charge is -2.30. The van der Waals surface area contributed by atoms with Crippen LogP contribution in [0.15, 0.2) is 0 Å². The SMILES string of the molecule is CC(C)CC(CC(C)C)N(C)P(=O)(O)O. The van der Waals surface area contributed by atoms with Crippen molar-refractivity contribution in [1.29, 1.82) is 0 Å². The summed E-state index contributed by atoms with van der Waals surface area (Å²) >= 11 is 0. The van der Waals surface area contributed by atoms with Gasteiger partial charge in [-0.15, -0.1) is 0 Å². The lowest BCUT2D eigenvalue weighted by Crippen LogP contribution is -2.31. The van der Waals surface area contributed by atoms with Crippen molar-refractivity contribution in [2.45, 2.75) is 46.6 Å². The maximum Gasteiger partial charge on any atom is 0.402 e. The van der Waals surface area contributed by atoms with E-state index in [1.54, 1.807) is 0 Å². The van der Waals surface area contributed by atoms with Gasteiger partial charge in [-0.1, -0.05) is 27.7 Å². The van der Waals surface area contributed by atoms with Gasteiger partial charge in [0.05, 0.1) is 0 Å². The predicted molar refractivity (Wildman–Crippen MR) is 62.5 cm³/mol. The lowest BCUT2D eigenvalue weighted by molar-refractivity contribution is 0.214. The molecular weight excluding hydrogens is 213 g/mol. The molecule has 0 spiro atoms. The second kappa shape index (κ2) is 6.00. The molecule has 0 saturated heterocycles. The summed E-state index contributed by atoms with van der Waals surface area (Å²) in [7, 11) is -2.58. The van der Waals surface area contributed by atoms with Gasteiger partial charge in [-0.2, -0.15) is 0 Å². The van der Waals surface area contributed by atoms with Gasteiger partial charge in [0.15, 0.2) is 0 Å². The fraction of sp³-hybridized carbons (Fsp3) is 1.00. The Balaban J connectivity index is 4.55. The third-order valence-electron chi connectivity index (χ3n) is 2.43. The van der Waals surface area contributed by atoms with Crippen molar-refractivity contribution >= 4 is 7.75 Å². The van der Waals surface area contributed by atoms with Crippen molar-refractivity contribution in [3.05, 3.63) is 0 Å². The average Bonchev–Trinajstić information content (AvgIpc) is 1.98. The zero-order valence-corrected chi connectivity index (χ0v) is 11.2. The molecule has 0 saturated carbocycles. The molecule has 0 amide bonds. The molecule has 0 rings (SSSR count). The molecule has 92 valence electrons. The molecule has 15 heavy (non-hydrogen) atoms. The Kier molecular flexibility index (Phi) is 6.04. The highest BCUT2D eigenvalue weighted by molar-refractivity contribution is 7.49. The number of rotatable bonds is 6. The first-order valence-corrected chi connectivity index (χ1v) is 7.00. The van der Waals surface area contributed by atoms with Crippen LogP contribution >= 0.6 is 7.75 Å². The summed E-state index contributed by atoms with van der Waals surface area (Å²) in [6.07, 6.45) is 1.64. The Labute approximate surface area is 92.9 Å². The maximum atomic E-state index is 11.2. The monoisotopic (exact) mass is 237 g/mol. The van der Waals surface area contributed by atoms with Crippen LogP contribution in [0.2, 0.25) is 0 Å². The highest BCUT2D eigenvalue weighted by Crippen LogP contribution is 2.42. The van der Waals surface area contributed by atoms with Gasteiger partial charge in [0, 0.05) is 6.04 Å². The molecule has 0 aliphatic rings. The largest absolute Gasteiger partial charge is 0.402 e. The summed E-state index contributed by atoms with van der Waals surface area (Å²) in [6.45, 7) is 8.28. The van der Waals surface area contributed by atoms with Gasteiger partial charge in [0.25, 0.3) is 0 Å². The molecule has 0 aliphatic carbocycles. The number of hydrogen-bond acceptors (Lipinski definition) is 1. The second-order valence-electron chi connectivity index (χ2n) is 5.00. The molecule has 2 N–H and O–H groups in total. The van der Waals surface area contributed by atoms with Gasteiger partial charge in [-0.25, -0.2) is 9.24 Å². The van der Waals surface area contributed by atoms with Crippen molar-refractivity contribution in [2.24, 2.45) is 11.8 Å². The van der Waals surface area contributed by atoms with Crippen LogP contribution in [0.4, 0.5) is 0 Å². The van der Waals surface area contributed by atoms with E-state index >= 15 is 0 Å². The highest BCUT2D eigenvalue weighted by Gasteiger charge is 2.29. The van der Waals surface area contributed by atoms with E-state index in [0.717, 1.165) is 12.8 Å². The lowest BCUT2D eigenvalue weighted by atomic mass is 9.96. The summed E-state index contributed by atoms with van der Waals surface area (Å²) in [5, 5.41) is 0. The van der Waals surface area contributed by atoms with E-state index in [2.05, 4.69) is 27.7 Å². The molecule has 0 fully saturated rings. The van der Waals surface area contributed by atoms with Crippen LogP contribution in [0.1, 0.15) is 40.5 Å². The third-order valence-corrected chi connectivity index (χ3v) is 3.57. The fourth-order valence-corrected chi connectivity index (χ4v) is 2.32. The minimum atomic E-state index is -4.09. The molecule has 0 atom stereocenters. The van der Waals surface area contributed by atoms with Gasteiger partial charge < -0.3 is 9.79 Å². The molecule has 4 nitrogen and oxygen atoms in total. The predicted octanol–water partition coefficient (Wildman–Crippen LogP) is 2.47. The Hall–Kier alpha value is 0.110. The van der Waals surface area contributed by atoms with Crippen LogP contribution in [-0.2, 0) is 4.57 Å². The Morgan fingerprint density at radius 1 is 1.07 bits per heavy atom. The Morgan fingerprint density at radius 2 is 1.40 bits per heavy atom. The normalized spacial score (nSPS) is 13.5. The van der Waals surface area contributed by atoms with Gasteiger partial charge >= 0.3 is 7.75 Å².